The van der Waals surface area contributed by atoms with E-state index in [0.29, 0.717) is 19.5 Å². The molecule has 5 rings (SSSR count). The summed E-state index contributed by atoms with van der Waals surface area (Å²) in [6, 6.07) is 7.04. The highest BCUT2D eigenvalue weighted by molar-refractivity contribution is 7.26. The Morgan fingerprint density at radius 1 is 0.450 bits per heavy atom. The third kappa shape index (κ3) is 5.00. The Labute approximate surface area is 246 Å². The minimum atomic E-state index is -0.454. The first kappa shape index (κ1) is 28.2. The van der Waals surface area contributed by atoms with Crippen LogP contribution in [-0.2, 0) is 18.9 Å². The molecule has 0 unspecified atom stereocenters. The zero-order valence-electron chi connectivity index (χ0n) is 22.0. The van der Waals surface area contributed by atoms with Gasteiger partial charge in [-0.2, -0.15) is 0 Å². The van der Waals surface area contributed by atoms with Gasteiger partial charge in [0.15, 0.2) is 0 Å². The summed E-state index contributed by atoms with van der Waals surface area (Å²) in [7, 11) is 0. The highest BCUT2D eigenvalue weighted by Gasteiger charge is 2.33. The third-order valence-corrected chi connectivity index (χ3v) is 10.6. The quantitative estimate of drug-likeness (QED) is 0.130. The van der Waals surface area contributed by atoms with E-state index in [1.165, 1.54) is 45.3 Å². The van der Waals surface area contributed by atoms with Crippen molar-refractivity contribution in [3.05, 3.63) is 43.8 Å². The van der Waals surface area contributed by atoms with Crippen molar-refractivity contribution in [3.63, 3.8) is 0 Å². The Kier molecular flexibility index (Phi) is 8.22. The predicted molar refractivity (Wildman–Crippen MR) is 157 cm³/mol. The first-order chi connectivity index (χ1) is 19.3. The van der Waals surface area contributed by atoms with Crippen molar-refractivity contribution >= 4 is 69.2 Å². The topological polar surface area (TPSA) is 105 Å². The van der Waals surface area contributed by atoms with Crippen molar-refractivity contribution in [2.75, 3.05) is 26.4 Å². The lowest BCUT2D eigenvalue weighted by atomic mass is 9.96. The van der Waals surface area contributed by atoms with Gasteiger partial charge in [-0.25, -0.2) is 19.2 Å². The van der Waals surface area contributed by atoms with Crippen LogP contribution in [-0.4, -0.2) is 50.3 Å². The molecule has 0 saturated heterocycles. The van der Waals surface area contributed by atoms with Crippen LogP contribution in [0, 0.1) is 0 Å². The molecule has 0 N–H and O–H groups in total. The third-order valence-electron chi connectivity index (χ3n) is 5.83. The average Bonchev–Trinajstić information content (AvgIpc) is 3.71. The van der Waals surface area contributed by atoms with Crippen molar-refractivity contribution in [3.8, 4) is 41.8 Å². The smallest absolute Gasteiger partial charge is 0.348 e. The van der Waals surface area contributed by atoms with E-state index in [-0.39, 0.29) is 26.4 Å². The maximum atomic E-state index is 12.8. The van der Waals surface area contributed by atoms with E-state index < -0.39 is 23.9 Å². The SMILES string of the molecule is CCOC(=O)c1cc2c(s1)-c1sc(C(=O)OCC)cc1-c1cc(C(=O)OCC)sc1-c1sc(C(=O)OCC)cc1-2. The van der Waals surface area contributed by atoms with Gasteiger partial charge in [-0.15, -0.1) is 45.3 Å². The molecule has 208 valence electrons. The molecular weight excluding hydrogens is 593 g/mol. The standard InChI is InChI=1S/C28H24O8S4/c1-5-33-25(29)17-9-13-14-10-18(26(30)34-6-2)39-23(14)24-16(12-20(40-24)28(32)36-8-4)15-11-19(27(31)35-7-3)38-22(15)21(13)37-17/h9-12H,5-8H2,1-4H3. The Bertz CT molecular complexity index is 1290. The molecular formula is C28H24O8S4. The largest absolute Gasteiger partial charge is 0.462 e. The average molecular weight is 617 g/mol. The fourth-order valence-electron chi connectivity index (χ4n) is 4.25. The van der Waals surface area contributed by atoms with Gasteiger partial charge in [0.05, 0.1) is 45.9 Å². The van der Waals surface area contributed by atoms with Crippen LogP contribution in [0.15, 0.2) is 24.3 Å². The zero-order chi connectivity index (χ0) is 28.6. The number of carbonyl (C=O) groups is 4. The fraction of sp³-hybridized carbons (Fsp3) is 0.286. The van der Waals surface area contributed by atoms with E-state index >= 15 is 0 Å². The van der Waals surface area contributed by atoms with Gasteiger partial charge in [0, 0.05) is 22.3 Å². The summed E-state index contributed by atoms with van der Waals surface area (Å²) in [6.45, 7) is 7.87. The number of esters is 4. The maximum absolute atomic E-state index is 12.8. The van der Waals surface area contributed by atoms with Gasteiger partial charge in [-0.3, -0.25) is 0 Å². The summed E-state index contributed by atoms with van der Waals surface area (Å²) in [6.07, 6.45) is 0. The minimum Gasteiger partial charge on any atom is -0.462 e. The number of thiophene rings is 4. The van der Waals surface area contributed by atoms with Crippen LogP contribution in [0.2, 0.25) is 0 Å². The zero-order valence-corrected chi connectivity index (χ0v) is 25.3. The van der Waals surface area contributed by atoms with Gasteiger partial charge in [0.25, 0.3) is 0 Å². The second-order valence-corrected chi connectivity index (χ2v) is 12.5. The lowest BCUT2D eigenvalue weighted by Crippen LogP contribution is -2.01. The molecule has 0 radical (unpaired) electrons. The molecule has 12 heteroatoms. The number of rotatable bonds is 8. The number of hydrogen-bond acceptors (Lipinski definition) is 12. The van der Waals surface area contributed by atoms with Crippen LogP contribution in [0.25, 0.3) is 41.8 Å². The monoisotopic (exact) mass is 616 g/mol. The molecule has 0 atom stereocenters. The molecule has 4 heterocycles. The fourth-order valence-corrected chi connectivity index (χ4v) is 8.83. The minimum absolute atomic E-state index is 0.225. The first-order valence-electron chi connectivity index (χ1n) is 12.6. The summed E-state index contributed by atoms with van der Waals surface area (Å²) >= 11 is 5.03. The van der Waals surface area contributed by atoms with Crippen LogP contribution in [0.5, 0.6) is 0 Å². The van der Waals surface area contributed by atoms with Crippen molar-refractivity contribution in [1.29, 1.82) is 0 Å². The molecule has 0 fully saturated rings. The summed E-state index contributed by atoms with van der Waals surface area (Å²) < 4.78 is 21.1. The molecule has 0 saturated carbocycles. The number of hydrogen-bond donors (Lipinski definition) is 0. The van der Waals surface area contributed by atoms with Crippen LogP contribution < -0.4 is 0 Å². The van der Waals surface area contributed by atoms with Gasteiger partial charge in [0.2, 0.25) is 0 Å². The van der Waals surface area contributed by atoms with Crippen LogP contribution in [0.4, 0.5) is 0 Å². The Hall–Kier alpha value is -3.32. The normalized spacial score (nSPS) is 11.3. The summed E-state index contributed by atoms with van der Waals surface area (Å²) in [5, 5.41) is 0. The molecule has 4 aromatic rings. The summed E-state index contributed by atoms with van der Waals surface area (Å²) in [5.41, 5.74) is 2.91. The highest BCUT2D eigenvalue weighted by Crippen LogP contribution is 2.57. The predicted octanol–water partition coefficient (Wildman–Crippen LogP) is 7.62. The van der Waals surface area contributed by atoms with Crippen LogP contribution in [0.3, 0.4) is 0 Å². The Morgan fingerprint density at radius 2 is 0.650 bits per heavy atom. The van der Waals surface area contributed by atoms with Crippen molar-refractivity contribution < 1.29 is 38.1 Å². The summed E-state index contributed by atoms with van der Waals surface area (Å²) in [5.74, 6) is -1.82. The van der Waals surface area contributed by atoms with Gasteiger partial charge >= 0.3 is 23.9 Å². The molecule has 0 spiro atoms. The molecule has 8 nitrogen and oxygen atoms in total. The van der Waals surface area contributed by atoms with Crippen molar-refractivity contribution in [2.45, 2.75) is 27.7 Å². The molecule has 0 amide bonds. The Balaban J connectivity index is 1.83. The van der Waals surface area contributed by atoms with E-state index in [1.54, 1.807) is 52.0 Å². The van der Waals surface area contributed by atoms with Gasteiger partial charge < -0.3 is 18.9 Å². The van der Waals surface area contributed by atoms with Crippen molar-refractivity contribution in [1.82, 2.24) is 0 Å². The lowest BCUT2D eigenvalue weighted by molar-refractivity contribution is 0.0522. The van der Waals surface area contributed by atoms with Gasteiger partial charge in [-0.1, -0.05) is 0 Å². The maximum Gasteiger partial charge on any atom is 0.348 e. The second kappa shape index (κ2) is 11.7. The van der Waals surface area contributed by atoms with Gasteiger partial charge in [-0.05, 0) is 52.0 Å². The van der Waals surface area contributed by atoms with Crippen LogP contribution >= 0.6 is 45.3 Å². The van der Waals surface area contributed by atoms with Gasteiger partial charge in [0.1, 0.15) is 19.5 Å². The van der Waals surface area contributed by atoms with Crippen LogP contribution in [0.1, 0.15) is 66.4 Å². The van der Waals surface area contributed by atoms with E-state index in [2.05, 4.69) is 0 Å². The lowest BCUT2D eigenvalue weighted by Gasteiger charge is -2.11. The molecule has 40 heavy (non-hydrogen) atoms. The Morgan fingerprint density at radius 3 is 0.825 bits per heavy atom. The molecule has 0 aliphatic heterocycles. The molecule has 0 aromatic carbocycles. The first-order valence-corrected chi connectivity index (χ1v) is 15.8. The number of ether oxygens (including phenoxy) is 4. The van der Waals surface area contributed by atoms with E-state index in [4.69, 9.17) is 18.9 Å². The van der Waals surface area contributed by atoms with Crippen molar-refractivity contribution in [2.24, 2.45) is 0 Å². The molecule has 4 aromatic heterocycles. The molecule has 1 aliphatic carbocycles. The summed E-state index contributed by atoms with van der Waals surface area (Å²) in [4.78, 5) is 55.8. The molecule has 0 bridgehead atoms. The number of fused-ring (bicyclic) bond motifs is 8. The second-order valence-electron chi connectivity index (χ2n) is 8.30. The van der Waals surface area contributed by atoms with E-state index in [0.717, 1.165) is 41.8 Å². The van der Waals surface area contributed by atoms with E-state index in [1.807, 2.05) is 0 Å². The number of carbonyl (C=O) groups excluding carboxylic acids is 4. The highest BCUT2D eigenvalue weighted by atomic mass is 32.1. The van der Waals surface area contributed by atoms with E-state index in [9.17, 15) is 19.2 Å². The molecule has 1 aliphatic rings.